The lowest BCUT2D eigenvalue weighted by atomic mass is 10.0. The summed E-state index contributed by atoms with van der Waals surface area (Å²) in [5.41, 5.74) is 4.21. The van der Waals surface area contributed by atoms with E-state index in [1.807, 2.05) is 12.1 Å². The van der Waals surface area contributed by atoms with E-state index in [1.54, 1.807) is 6.07 Å². The van der Waals surface area contributed by atoms with Gasteiger partial charge in [-0.1, -0.05) is 19.1 Å². The molecule has 0 spiro atoms. The van der Waals surface area contributed by atoms with Gasteiger partial charge in [-0.05, 0) is 36.6 Å². The molecule has 0 amide bonds. The summed E-state index contributed by atoms with van der Waals surface area (Å²) in [5, 5.41) is 15.3. The molecule has 0 radical (unpaired) electrons. The van der Waals surface area contributed by atoms with E-state index in [9.17, 15) is 4.79 Å². The van der Waals surface area contributed by atoms with E-state index in [2.05, 4.69) is 30.1 Å². The first-order valence-electron chi connectivity index (χ1n) is 5.50. The van der Waals surface area contributed by atoms with E-state index in [4.69, 9.17) is 5.11 Å². The standard InChI is InChI=1S/C13H14N2O2/c1-3-9-6-10(5-4-8(9)2)11-7-12(13(16)17)15-14-11/h4-7H,3H2,1-2H3,(H,14,15)(H,16,17). The molecule has 1 aromatic heterocycles. The molecule has 0 saturated carbocycles. The number of carboxylic acids is 1. The van der Waals surface area contributed by atoms with Crippen LogP contribution in [0.3, 0.4) is 0 Å². The van der Waals surface area contributed by atoms with Gasteiger partial charge < -0.3 is 5.11 Å². The fourth-order valence-electron chi connectivity index (χ4n) is 1.79. The maximum Gasteiger partial charge on any atom is 0.353 e. The Labute approximate surface area is 99.3 Å². The predicted molar refractivity (Wildman–Crippen MR) is 65.1 cm³/mol. The van der Waals surface area contributed by atoms with E-state index in [0.29, 0.717) is 5.69 Å². The summed E-state index contributed by atoms with van der Waals surface area (Å²) in [6.07, 6.45) is 0.954. The van der Waals surface area contributed by atoms with Crippen LogP contribution in [0, 0.1) is 6.92 Å². The van der Waals surface area contributed by atoms with E-state index in [1.165, 1.54) is 11.1 Å². The second kappa shape index (κ2) is 4.41. The van der Waals surface area contributed by atoms with Gasteiger partial charge in [0.1, 0.15) is 5.69 Å². The van der Waals surface area contributed by atoms with Gasteiger partial charge >= 0.3 is 5.97 Å². The molecular formula is C13H14N2O2. The molecule has 1 heterocycles. The van der Waals surface area contributed by atoms with E-state index in [0.717, 1.165) is 12.0 Å². The molecule has 0 aliphatic heterocycles. The lowest BCUT2D eigenvalue weighted by molar-refractivity contribution is 0.0690. The van der Waals surface area contributed by atoms with Crippen LogP contribution >= 0.6 is 0 Å². The number of aromatic amines is 1. The van der Waals surface area contributed by atoms with Crippen molar-refractivity contribution in [1.29, 1.82) is 0 Å². The zero-order valence-electron chi connectivity index (χ0n) is 9.82. The number of rotatable bonds is 3. The molecule has 0 saturated heterocycles. The van der Waals surface area contributed by atoms with Crippen LogP contribution in [0.25, 0.3) is 11.3 Å². The van der Waals surface area contributed by atoms with Crippen molar-refractivity contribution in [3.8, 4) is 11.3 Å². The van der Waals surface area contributed by atoms with E-state index >= 15 is 0 Å². The minimum Gasteiger partial charge on any atom is -0.477 e. The van der Waals surface area contributed by atoms with Gasteiger partial charge in [-0.15, -0.1) is 0 Å². The Bertz CT molecular complexity index is 558. The fraction of sp³-hybridized carbons (Fsp3) is 0.231. The average Bonchev–Trinajstić information content (AvgIpc) is 2.79. The zero-order valence-corrected chi connectivity index (χ0v) is 9.82. The first kappa shape index (κ1) is 11.4. The minimum absolute atomic E-state index is 0.110. The van der Waals surface area contributed by atoms with Gasteiger partial charge in [0, 0.05) is 5.56 Å². The van der Waals surface area contributed by atoms with E-state index < -0.39 is 5.97 Å². The topological polar surface area (TPSA) is 66.0 Å². The molecule has 0 aliphatic carbocycles. The zero-order chi connectivity index (χ0) is 12.4. The predicted octanol–water partition coefficient (Wildman–Crippen LogP) is 2.65. The Balaban J connectivity index is 2.42. The molecule has 0 fully saturated rings. The molecule has 2 aromatic rings. The molecule has 0 atom stereocenters. The number of hydrogen-bond donors (Lipinski definition) is 2. The maximum atomic E-state index is 10.8. The van der Waals surface area contributed by atoms with Gasteiger partial charge in [0.05, 0.1) is 5.69 Å². The molecule has 0 unspecified atom stereocenters. The summed E-state index contributed by atoms with van der Waals surface area (Å²) >= 11 is 0. The summed E-state index contributed by atoms with van der Waals surface area (Å²) in [6.45, 7) is 4.16. The van der Waals surface area contributed by atoms with Crippen LogP contribution in [-0.4, -0.2) is 21.3 Å². The number of H-pyrrole nitrogens is 1. The number of aryl methyl sites for hydroxylation is 2. The molecule has 4 nitrogen and oxygen atoms in total. The Kier molecular flexibility index (Phi) is 2.95. The number of aromatic carboxylic acids is 1. The van der Waals surface area contributed by atoms with Crippen molar-refractivity contribution in [1.82, 2.24) is 10.2 Å². The number of nitrogens with one attached hydrogen (secondary N) is 1. The van der Waals surface area contributed by atoms with Crippen molar-refractivity contribution < 1.29 is 9.90 Å². The molecule has 88 valence electrons. The van der Waals surface area contributed by atoms with Crippen molar-refractivity contribution in [3.05, 3.63) is 41.1 Å². The van der Waals surface area contributed by atoms with Crippen molar-refractivity contribution in [2.24, 2.45) is 0 Å². The van der Waals surface area contributed by atoms with Gasteiger partial charge in [0.25, 0.3) is 0 Å². The highest BCUT2D eigenvalue weighted by atomic mass is 16.4. The molecule has 2 N–H and O–H groups in total. The van der Waals surface area contributed by atoms with Gasteiger partial charge in [-0.2, -0.15) is 5.10 Å². The monoisotopic (exact) mass is 230 g/mol. The minimum atomic E-state index is -0.994. The Morgan fingerprint density at radius 3 is 2.76 bits per heavy atom. The largest absolute Gasteiger partial charge is 0.477 e. The molecule has 0 bridgehead atoms. The molecule has 2 rings (SSSR count). The molecule has 4 heteroatoms. The second-order valence-corrected chi connectivity index (χ2v) is 3.97. The molecule has 0 aliphatic rings. The number of carboxylic acid groups (broad SMARTS) is 1. The second-order valence-electron chi connectivity index (χ2n) is 3.97. The highest BCUT2D eigenvalue weighted by Gasteiger charge is 2.09. The van der Waals surface area contributed by atoms with Crippen LogP contribution in [0.15, 0.2) is 24.3 Å². The summed E-state index contributed by atoms with van der Waals surface area (Å²) in [6, 6.07) is 7.59. The van der Waals surface area contributed by atoms with Crippen LogP contribution in [0.4, 0.5) is 0 Å². The van der Waals surface area contributed by atoms with Crippen molar-refractivity contribution in [3.63, 3.8) is 0 Å². The summed E-state index contributed by atoms with van der Waals surface area (Å²) in [7, 11) is 0. The van der Waals surface area contributed by atoms with Gasteiger partial charge in [0.15, 0.2) is 0 Å². The van der Waals surface area contributed by atoms with Crippen molar-refractivity contribution in [2.75, 3.05) is 0 Å². The number of carbonyl (C=O) groups is 1. The maximum absolute atomic E-state index is 10.8. The summed E-state index contributed by atoms with van der Waals surface area (Å²) in [5.74, 6) is -0.994. The third kappa shape index (κ3) is 2.20. The summed E-state index contributed by atoms with van der Waals surface area (Å²) in [4.78, 5) is 10.8. The third-order valence-electron chi connectivity index (χ3n) is 2.83. The molecular weight excluding hydrogens is 216 g/mol. The Morgan fingerprint density at radius 1 is 1.41 bits per heavy atom. The lowest BCUT2D eigenvalue weighted by Gasteiger charge is -2.04. The number of hydrogen-bond acceptors (Lipinski definition) is 2. The highest BCUT2D eigenvalue weighted by Crippen LogP contribution is 2.21. The normalized spacial score (nSPS) is 10.5. The molecule has 1 aromatic carbocycles. The number of aromatic nitrogens is 2. The Morgan fingerprint density at radius 2 is 2.18 bits per heavy atom. The smallest absolute Gasteiger partial charge is 0.353 e. The van der Waals surface area contributed by atoms with Crippen LogP contribution in [-0.2, 0) is 6.42 Å². The van der Waals surface area contributed by atoms with E-state index in [-0.39, 0.29) is 5.69 Å². The van der Waals surface area contributed by atoms with Crippen LogP contribution in [0.2, 0.25) is 0 Å². The van der Waals surface area contributed by atoms with Crippen molar-refractivity contribution in [2.45, 2.75) is 20.3 Å². The SMILES string of the molecule is CCc1cc(-c2cc(C(=O)O)[nH]n2)ccc1C. The van der Waals surface area contributed by atoms with Gasteiger partial charge in [-0.3, -0.25) is 5.10 Å². The number of benzene rings is 1. The lowest BCUT2D eigenvalue weighted by Crippen LogP contribution is -1.95. The van der Waals surface area contributed by atoms with Crippen LogP contribution in [0.1, 0.15) is 28.5 Å². The van der Waals surface area contributed by atoms with Gasteiger partial charge in [0.2, 0.25) is 0 Å². The fourth-order valence-corrected chi connectivity index (χ4v) is 1.79. The van der Waals surface area contributed by atoms with Crippen molar-refractivity contribution >= 4 is 5.97 Å². The van der Waals surface area contributed by atoms with Crippen LogP contribution in [0.5, 0.6) is 0 Å². The number of nitrogens with zero attached hydrogens (tertiary/aromatic N) is 1. The summed E-state index contributed by atoms with van der Waals surface area (Å²) < 4.78 is 0. The average molecular weight is 230 g/mol. The third-order valence-corrected chi connectivity index (χ3v) is 2.83. The first-order valence-corrected chi connectivity index (χ1v) is 5.50. The quantitative estimate of drug-likeness (QED) is 0.851. The first-order chi connectivity index (χ1) is 8.11. The van der Waals surface area contributed by atoms with Crippen LogP contribution < -0.4 is 0 Å². The molecule has 17 heavy (non-hydrogen) atoms. The Hall–Kier alpha value is -2.10. The van der Waals surface area contributed by atoms with Gasteiger partial charge in [-0.25, -0.2) is 4.79 Å². The highest BCUT2D eigenvalue weighted by molar-refractivity contribution is 5.86.